The van der Waals surface area contributed by atoms with Gasteiger partial charge in [-0.3, -0.25) is 0 Å². The molecule has 0 aliphatic carbocycles. The second-order valence-corrected chi connectivity index (χ2v) is 6.89. The average molecular weight is 404 g/mol. The number of benzene rings is 3. The van der Waals surface area contributed by atoms with E-state index in [1.54, 1.807) is 0 Å². The third-order valence-corrected chi connectivity index (χ3v) is 4.59. The van der Waals surface area contributed by atoms with Gasteiger partial charge in [-0.05, 0) is 55.8 Å². The summed E-state index contributed by atoms with van der Waals surface area (Å²) in [7, 11) is 0. The van der Waals surface area contributed by atoms with Crippen LogP contribution in [0.4, 0.5) is 11.4 Å². The summed E-state index contributed by atoms with van der Waals surface area (Å²) in [5.74, 6) is 1.32. The molecule has 0 aromatic heterocycles. The van der Waals surface area contributed by atoms with Gasteiger partial charge in [0.2, 0.25) is 0 Å². The van der Waals surface area contributed by atoms with Crippen LogP contribution in [-0.2, 0) is 0 Å². The molecule has 156 valence electrons. The van der Waals surface area contributed by atoms with Crippen LogP contribution in [0.3, 0.4) is 0 Å². The molecule has 0 saturated heterocycles. The zero-order chi connectivity index (χ0) is 21.2. The van der Waals surface area contributed by atoms with Gasteiger partial charge in [0.25, 0.3) is 0 Å². The molecule has 1 atom stereocenters. The molecule has 0 aliphatic rings. The van der Waals surface area contributed by atoms with Gasteiger partial charge in [0, 0.05) is 11.4 Å². The highest BCUT2D eigenvalue weighted by atomic mass is 16.5. The first-order valence-electron chi connectivity index (χ1n) is 10.3. The van der Waals surface area contributed by atoms with Crippen molar-refractivity contribution >= 4 is 17.5 Å². The Morgan fingerprint density at radius 3 is 2.07 bits per heavy atom. The van der Waals surface area contributed by atoms with Crippen molar-refractivity contribution in [2.24, 2.45) is 0 Å². The summed E-state index contributed by atoms with van der Waals surface area (Å²) in [5.41, 5.74) is 3.07. The molecule has 0 radical (unpaired) electrons. The van der Waals surface area contributed by atoms with Crippen molar-refractivity contribution in [1.29, 1.82) is 0 Å². The van der Waals surface area contributed by atoms with Crippen LogP contribution in [0.5, 0.6) is 11.5 Å². The maximum absolute atomic E-state index is 10.8. The zero-order valence-corrected chi connectivity index (χ0v) is 17.6. The molecule has 0 saturated carbocycles. The summed E-state index contributed by atoms with van der Waals surface area (Å²) in [6.45, 7) is 5.04. The first-order valence-corrected chi connectivity index (χ1v) is 10.3. The van der Waals surface area contributed by atoms with E-state index in [1.165, 1.54) is 0 Å². The topological polar surface area (TPSA) is 41.9 Å². The minimum atomic E-state index is -0.690. The number of hydrogen-bond donors (Lipinski definition) is 1. The van der Waals surface area contributed by atoms with E-state index in [2.05, 4.69) is 4.90 Å². The van der Waals surface area contributed by atoms with Crippen LogP contribution in [0.25, 0.3) is 6.08 Å². The van der Waals surface area contributed by atoms with Crippen molar-refractivity contribution in [3.63, 3.8) is 0 Å². The summed E-state index contributed by atoms with van der Waals surface area (Å²) in [6.07, 6.45) is 3.29. The van der Waals surface area contributed by atoms with Gasteiger partial charge in [0.15, 0.2) is 11.5 Å². The minimum Gasteiger partial charge on any atom is -0.490 e. The van der Waals surface area contributed by atoms with Gasteiger partial charge >= 0.3 is 0 Å². The Bertz CT molecular complexity index is 886. The molecular weight excluding hydrogens is 374 g/mol. The van der Waals surface area contributed by atoms with Gasteiger partial charge in [0.05, 0.1) is 13.2 Å². The highest BCUT2D eigenvalue weighted by Gasteiger charge is 2.16. The van der Waals surface area contributed by atoms with Crippen molar-refractivity contribution in [1.82, 2.24) is 0 Å². The predicted octanol–water partition coefficient (Wildman–Crippen LogP) is 5.70. The van der Waals surface area contributed by atoms with Crippen LogP contribution in [0.2, 0.25) is 0 Å². The summed E-state index contributed by atoms with van der Waals surface area (Å²) in [4.78, 5) is 2.09. The van der Waals surface area contributed by atoms with Crippen molar-refractivity contribution in [2.45, 2.75) is 20.0 Å². The van der Waals surface area contributed by atoms with E-state index >= 15 is 0 Å². The Morgan fingerprint density at radius 2 is 1.50 bits per heavy atom. The number of aliphatic hydroxyl groups excluding tert-OH is 1. The normalized spacial score (nSPS) is 12.0. The standard InChI is InChI=1S/C26H29NO3/c1-3-11-21-16-17-25(29-4-2)26(18-21)30-20-24(28)19-27(22-12-7-5-8-13-22)23-14-9-6-10-15-23/h3,5-18,24,28H,4,19-20H2,1-2H3/b11-3+. The van der Waals surface area contributed by atoms with Gasteiger partial charge in [-0.15, -0.1) is 0 Å². The van der Waals surface area contributed by atoms with Crippen LogP contribution in [-0.4, -0.2) is 31.0 Å². The molecule has 0 amide bonds. The summed E-state index contributed by atoms with van der Waals surface area (Å²) < 4.78 is 11.7. The molecular formula is C26H29NO3. The molecule has 1 N–H and O–H groups in total. The van der Waals surface area contributed by atoms with Gasteiger partial charge in [-0.1, -0.05) is 54.6 Å². The highest BCUT2D eigenvalue weighted by Crippen LogP contribution is 2.30. The minimum absolute atomic E-state index is 0.162. The largest absolute Gasteiger partial charge is 0.490 e. The average Bonchev–Trinajstić information content (AvgIpc) is 2.79. The van der Waals surface area contributed by atoms with E-state index in [4.69, 9.17) is 9.47 Å². The second kappa shape index (κ2) is 11.1. The van der Waals surface area contributed by atoms with Crippen molar-refractivity contribution in [2.75, 3.05) is 24.7 Å². The van der Waals surface area contributed by atoms with Gasteiger partial charge in [0.1, 0.15) is 12.7 Å². The Hall–Kier alpha value is -3.24. The van der Waals surface area contributed by atoms with E-state index in [9.17, 15) is 5.11 Å². The first-order chi connectivity index (χ1) is 14.7. The van der Waals surface area contributed by atoms with E-state index in [0.29, 0.717) is 24.7 Å². The monoisotopic (exact) mass is 403 g/mol. The number of allylic oxidation sites excluding steroid dienone is 1. The van der Waals surface area contributed by atoms with Crippen LogP contribution in [0.1, 0.15) is 19.4 Å². The number of rotatable bonds is 10. The molecule has 1 unspecified atom stereocenters. The lowest BCUT2D eigenvalue weighted by molar-refractivity contribution is 0.111. The lowest BCUT2D eigenvalue weighted by atomic mass is 10.2. The number of ether oxygens (including phenoxy) is 2. The van der Waals surface area contributed by atoms with E-state index in [0.717, 1.165) is 16.9 Å². The number of para-hydroxylation sites is 2. The third-order valence-electron chi connectivity index (χ3n) is 4.59. The fraction of sp³-hybridized carbons (Fsp3) is 0.231. The van der Waals surface area contributed by atoms with Crippen LogP contribution in [0, 0.1) is 0 Å². The molecule has 3 rings (SSSR count). The molecule has 4 heteroatoms. The quantitative estimate of drug-likeness (QED) is 0.472. The smallest absolute Gasteiger partial charge is 0.161 e. The third kappa shape index (κ3) is 5.88. The molecule has 0 fully saturated rings. The van der Waals surface area contributed by atoms with Gasteiger partial charge in [-0.2, -0.15) is 0 Å². The summed E-state index contributed by atoms with van der Waals surface area (Å²) in [6, 6.07) is 25.9. The summed E-state index contributed by atoms with van der Waals surface area (Å²) in [5, 5.41) is 10.8. The molecule has 0 heterocycles. The molecule has 0 aliphatic heterocycles. The van der Waals surface area contributed by atoms with Crippen molar-refractivity contribution < 1.29 is 14.6 Å². The Labute approximate surface area is 179 Å². The fourth-order valence-corrected chi connectivity index (χ4v) is 3.23. The Kier molecular flexibility index (Phi) is 7.93. The maximum atomic E-state index is 10.8. The van der Waals surface area contributed by atoms with Crippen LogP contribution in [0.15, 0.2) is 84.9 Å². The van der Waals surface area contributed by atoms with E-state index < -0.39 is 6.10 Å². The predicted molar refractivity (Wildman–Crippen MR) is 124 cm³/mol. The highest BCUT2D eigenvalue weighted by molar-refractivity contribution is 5.63. The maximum Gasteiger partial charge on any atom is 0.161 e. The van der Waals surface area contributed by atoms with Gasteiger partial charge in [-0.25, -0.2) is 0 Å². The number of nitrogens with zero attached hydrogens (tertiary/aromatic N) is 1. The zero-order valence-electron chi connectivity index (χ0n) is 17.6. The number of aliphatic hydroxyl groups is 1. The van der Waals surface area contributed by atoms with Crippen LogP contribution < -0.4 is 14.4 Å². The van der Waals surface area contributed by atoms with Crippen molar-refractivity contribution in [3.8, 4) is 11.5 Å². The van der Waals surface area contributed by atoms with Gasteiger partial charge < -0.3 is 19.5 Å². The van der Waals surface area contributed by atoms with Crippen LogP contribution >= 0.6 is 0 Å². The molecule has 3 aromatic carbocycles. The Balaban J connectivity index is 1.73. The lowest BCUT2D eigenvalue weighted by Gasteiger charge is -2.27. The molecule has 4 nitrogen and oxygen atoms in total. The fourth-order valence-electron chi connectivity index (χ4n) is 3.23. The lowest BCUT2D eigenvalue weighted by Crippen LogP contribution is -2.32. The number of hydrogen-bond acceptors (Lipinski definition) is 4. The molecule has 0 spiro atoms. The molecule has 3 aromatic rings. The van der Waals surface area contributed by atoms with E-state index in [1.807, 2.05) is 105 Å². The SMILES string of the molecule is C/C=C/c1ccc(OCC)c(OCC(O)CN(c2ccccc2)c2ccccc2)c1. The number of anilines is 2. The van der Waals surface area contributed by atoms with Crippen molar-refractivity contribution in [3.05, 3.63) is 90.5 Å². The Morgan fingerprint density at radius 1 is 0.867 bits per heavy atom. The summed E-state index contributed by atoms with van der Waals surface area (Å²) >= 11 is 0. The molecule has 0 bridgehead atoms. The second-order valence-electron chi connectivity index (χ2n) is 6.89. The first kappa shape index (κ1) is 21.5. The van der Waals surface area contributed by atoms with E-state index in [-0.39, 0.29) is 6.61 Å². The molecule has 30 heavy (non-hydrogen) atoms.